The number of anilines is 1. The van der Waals surface area contributed by atoms with E-state index in [4.69, 9.17) is 5.73 Å². The number of aromatic nitrogens is 3. The Labute approximate surface area is 125 Å². The van der Waals surface area contributed by atoms with E-state index in [-0.39, 0.29) is 6.04 Å². The maximum Gasteiger partial charge on any atom is 0.128 e. The van der Waals surface area contributed by atoms with E-state index in [0.29, 0.717) is 6.54 Å². The smallest absolute Gasteiger partial charge is 0.128 e. The van der Waals surface area contributed by atoms with Crippen molar-refractivity contribution in [2.45, 2.75) is 6.04 Å². The summed E-state index contributed by atoms with van der Waals surface area (Å²) in [7, 11) is 1.94. The molecule has 21 heavy (non-hydrogen) atoms. The molecule has 112 valence electrons. The minimum Gasteiger partial charge on any atom is -0.354 e. The van der Waals surface area contributed by atoms with Gasteiger partial charge in [0, 0.05) is 57.7 Å². The van der Waals surface area contributed by atoms with Gasteiger partial charge in [-0.25, -0.2) is 4.98 Å². The molecule has 1 unspecified atom stereocenters. The Morgan fingerprint density at radius 3 is 2.62 bits per heavy atom. The quantitative estimate of drug-likeness (QED) is 0.893. The highest BCUT2D eigenvalue weighted by molar-refractivity contribution is 5.38. The molecular weight excluding hydrogens is 264 g/mol. The lowest BCUT2D eigenvalue weighted by atomic mass is 10.1. The summed E-state index contributed by atoms with van der Waals surface area (Å²) in [6, 6.07) is 6.31. The number of hydrogen-bond donors (Lipinski definition) is 1. The second-order valence-electron chi connectivity index (χ2n) is 5.41. The van der Waals surface area contributed by atoms with Crippen LogP contribution in [-0.4, -0.2) is 52.4 Å². The normalized spacial score (nSPS) is 17.9. The lowest BCUT2D eigenvalue weighted by Gasteiger charge is -2.39. The van der Waals surface area contributed by atoms with Gasteiger partial charge in [-0.05, 0) is 12.1 Å². The van der Waals surface area contributed by atoms with Gasteiger partial charge in [-0.3, -0.25) is 9.58 Å². The molecule has 1 saturated heterocycles. The fourth-order valence-electron chi connectivity index (χ4n) is 2.91. The zero-order valence-corrected chi connectivity index (χ0v) is 12.4. The average molecular weight is 286 g/mol. The maximum absolute atomic E-state index is 5.99. The first-order chi connectivity index (χ1) is 10.3. The van der Waals surface area contributed by atoms with Crippen molar-refractivity contribution in [3.8, 4) is 0 Å². The summed E-state index contributed by atoms with van der Waals surface area (Å²) in [6.45, 7) is 4.57. The summed E-state index contributed by atoms with van der Waals surface area (Å²) in [5.41, 5.74) is 7.19. The number of nitrogens with zero attached hydrogens (tertiary/aromatic N) is 5. The fourth-order valence-corrected chi connectivity index (χ4v) is 2.91. The van der Waals surface area contributed by atoms with Crippen molar-refractivity contribution < 1.29 is 0 Å². The van der Waals surface area contributed by atoms with E-state index in [1.54, 1.807) is 0 Å². The molecular formula is C15H22N6. The lowest BCUT2D eigenvalue weighted by molar-refractivity contribution is 0.190. The third kappa shape index (κ3) is 3.06. The number of pyridine rings is 1. The predicted octanol–water partition coefficient (Wildman–Crippen LogP) is 0.637. The van der Waals surface area contributed by atoms with Crippen LogP contribution in [0.1, 0.15) is 11.6 Å². The van der Waals surface area contributed by atoms with Crippen LogP contribution in [0.4, 0.5) is 5.82 Å². The van der Waals surface area contributed by atoms with Gasteiger partial charge in [0.25, 0.3) is 0 Å². The summed E-state index contributed by atoms with van der Waals surface area (Å²) in [6.07, 6.45) is 5.82. The molecule has 2 aromatic heterocycles. The van der Waals surface area contributed by atoms with E-state index >= 15 is 0 Å². The van der Waals surface area contributed by atoms with Gasteiger partial charge in [0.2, 0.25) is 0 Å². The van der Waals surface area contributed by atoms with Crippen LogP contribution in [-0.2, 0) is 7.05 Å². The van der Waals surface area contributed by atoms with Gasteiger partial charge in [0.1, 0.15) is 5.82 Å². The van der Waals surface area contributed by atoms with Crippen molar-refractivity contribution in [2.24, 2.45) is 12.8 Å². The molecule has 0 aromatic carbocycles. The monoisotopic (exact) mass is 286 g/mol. The SMILES string of the molecule is Cn1cc(C(CN)N2CCN(c3ccccn3)CC2)cn1. The van der Waals surface area contributed by atoms with E-state index in [9.17, 15) is 0 Å². The number of piperazine rings is 1. The topological polar surface area (TPSA) is 63.2 Å². The molecule has 6 heteroatoms. The third-order valence-corrected chi connectivity index (χ3v) is 4.06. The molecule has 0 radical (unpaired) electrons. The van der Waals surface area contributed by atoms with E-state index < -0.39 is 0 Å². The van der Waals surface area contributed by atoms with Gasteiger partial charge >= 0.3 is 0 Å². The Balaban J connectivity index is 1.64. The zero-order chi connectivity index (χ0) is 14.7. The van der Waals surface area contributed by atoms with Crippen LogP contribution in [0.5, 0.6) is 0 Å². The summed E-state index contributed by atoms with van der Waals surface area (Å²) in [4.78, 5) is 9.19. The van der Waals surface area contributed by atoms with Gasteiger partial charge < -0.3 is 10.6 Å². The molecule has 1 aliphatic heterocycles. The minimum absolute atomic E-state index is 0.254. The van der Waals surface area contributed by atoms with Crippen molar-refractivity contribution >= 4 is 5.82 Å². The molecule has 0 amide bonds. The van der Waals surface area contributed by atoms with Crippen LogP contribution in [0.2, 0.25) is 0 Å². The standard InChI is InChI=1S/C15H22N6/c1-19-12-13(11-18-19)14(10-16)20-6-8-21(9-7-20)15-4-2-3-5-17-15/h2-5,11-12,14H,6-10,16H2,1H3. The van der Waals surface area contributed by atoms with Crippen LogP contribution in [0.15, 0.2) is 36.8 Å². The van der Waals surface area contributed by atoms with Gasteiger partial charge in [0.15, 0.2) is 0 Å². The van der Waals surface area contributed by atoms with Gasteiger partial charge in [-0.2, -0.15) is 5.10 Å². The molecule has 0 spiro atoms. The van der Waals surface area contributed by atoms with E-state index in [1.807, 2.05) is 36.3 Å². The Morgan fingerprint density at radius 1 is 1.24 bits per heavy atom. The van der Waals surface area contributed by atoms with Crippen molar-refractivity contribution in [3.63, 3.8) is 0 Å². The molecule has 6 nitrogen and oxygen atoms in total. The van der Waals surface area contributed by atoms with Crippen LogP contribution < -0.4 is 10.6 Å². The first kappa shape index (κ1) is 14.0. The molecule has 3 heterocycles. The largest absolute Gasteiger partial charge is 0.354 e. The van der Waals surface area contributed by atoms with E-state index in [1.165, 1.54) is 5.56 Å². The van der Waals surface area contributed by atoms with Crippen LogP contribution in [0.3, 0.4) is 0 Å². The molecule has 2 N–H and O–H groups in total. The van der Waals surface area contributed by atoms with Crippen molar-refractivity contribution in [1.82, 2.24) is 19.7 Å². The van der Waals surface area contributed by atoms with Crippen LogP contribution in [0, 0.1) is 0 Å². The molecule has 0 aliphatic carbocycles. The van der Waals surface area contributed by atoms with Crippen LogP contribution in [0.25, 0.3) is 0 Å². The molecule has 3 rings (SSSR count). The summed E-state index contributed by atoms with van der Waals surface area (Å²) < 4.78 is 1.84. The number of aryl methyl sites for hydroxylation is 1. The summed E-state index contributed by atoms with van der Waals surface area (Å²) >= 11 is 0. The Bertz CT molecular complexity index is 559. The lowest BCUT2D eigenvalue weighted by Crippen LogP contribution is -2.49. The number of rotatable bonds is 4. The second kappa shape index (κ2) is 6.24. The predicted molar refractivity (Wildman–Crippen MR) is 83.0 cm³/mol. The third-order valence-electron chi connectivity index (χ3n) is 4.06. The van der Waals surface area contributed by atoms with E-state index in [2.05, 4.69) is 32.1 Å². The summed E-state index contributed by atoms with van der Waals surface area (Å²) in [5, 5.41) is 4.26. The number of hydrogen-bond acceptors (Lipinski definition) is 5. The molecule has 2 aromatic rings. The van der Waals surface area contributed by atoms with E-state index in [0.717, 1.165) is 32.0 Å². The number of nitrogens with two attached hydrogens (primary N) is 1. The zero-order valence-electron chi connectivity index (χ0n) is 12.4. The highest BCUT2D eigenvalue weighted by Gasteiger charge is 2.25. The maximum atomic E-state index is 5.99. The van der Waals surface area contributed by atoms with Gasteiger partial charge in [-0.1, -0.05) is 6.07 Å². The van der Waals surface area contributed by atoms with Crippen LogP contribution >= 0.6 is 0 Å². The highest BCUT2D eigenvalue weighted by Crippen LogP contribution is 2.22. The Morgan fingerprint density at radius 2 is 2.05 bits per heavy atom. The average Bonchev–Trinajstić information content (AvgIpc) is 2.96. The molecule has 0 saturated carbocycles. The first-order valence-electron chi connectivity index (χ1n) is 7.36. The van der Waals surface area contributed by atoms with Crippen molar-refractivity contribution in [3.05, 3.63) is 42.4 Å². The minimum atomic E-state index is 0.254. The Hall–Kier alpha value is -1.92. The Kier molecular flexibility index (Phi) is 4.17. The molecule has 0 bridgehead atoms. The van der Waals surface area contributed by atoms with Crippen molar-refractivity contribution in [2.75, 3.05) is 37.6 Å². The summed E-state index contributed by atoms with van der Waals surface area (Å²) in [5.74, 6) is 1.06. The van der Waals surface area contributed by atoms with Gasteiger partial charge in [-0.15, -0.1) is 0 Å². The fraction of sp³-hybridized carbons (Fsp3) is 0.467. The first-order valence-corrected chi connectivity index (χ1v) is 7.36. The highest BCUT2D eigenvalue weighted by atomic mass is 15.3. The molecule has 1 atom stereocenters. The molecule has 1 fully saturated rings. The van der Waals surface area contributed by atoms with Gasteiger partial charge in [0.05, 0.1) is 12.2 Å². The van der Waals surface area contributed by atoms with Crippen molar-refractivity contribution in [1.29, 1.82) is 0 Å². The molecule has 1 aliphatic rings. The second-order valence-corrected chi connectivity index (χ2v) is 5.41.